The first-order valence-corrected chi connectivity index (χ1v) is 10.2. The predicted octanol–water partition coefficient (Wildman–Crippen LogP) is 4.57. The molecule has 4 rings (SSSR count). The van der Waals surface area contributed by atoms with E-state index in [9.17, 15) is 5.26 Å². The van der Waals surface area contributed by atoms with Crippen LogP contribution >= 0.6 is 11.6 Å². The zero-order valence-corrected chi connectivity index (χ0v) is 17.9. The van der Waals surface area contributed by atoms with Gasteiger partial charge in [-0.15, -0.1) is 5.10 Å². The van der Waals surface area contributed by atoms with Crippen molar-refractivity contribution in [2.75, 3.05) is 6.61 Å². The molecule has 1 aliphatic rings. The Hall–Kier alpha value is -3.63. The van der Waals surface area contributed by atoms with Crippen LogP contribution < -0.4 is 19.9 Å². The second kappa shape index (κ2) is 8.62. The number of rotatable bonds is 6. The summed E-state index contributed by atoms with van der Waals surface area (Å²) >= 11 is 5.95. The minimum absolute atomic E-state index is 0.0486. The van der Waals surface area contributed by atoms with Gasteiger partial charge < -0.3 is 19.9 Å². The lowest BCUT2D eigenvalue weighted by Crippen LogP contribution is -2.21. The maximum Gasteiger partial charge on any atom is 0.244 e. The highest BCUT2D eigenvalue weighted by molar-refractivity contribution is 6.30. The SMILES string of the molecule is CCOc1cc(C2C(C#N)=C(N)Oc3n[nH]c(C)c32)ccc1OCc1ccc(Cl)cc1. The fourth-order valence-electron chi connectivity index (χ4n) is 3.57. The van der Waals surface area contributed by atoms with Crippen LogP contribution in [-0.4, -0.2) is 16.8 Å². The second-order valence-corrected chi connectivity index (χ2v) is 7.48. The van der Waals surface area contributed by atoms with Gasteiger partial charge in [0.2, 0.25) is 11.8 Å². The Morgan fingerprint density at radius 3 is 2.68 bits per heavy atom. The van der Waals surface area contributed by atoms with E-state index in [2.05, 4.69) is 16.3 Å². The van der Waals surface area contributed by atoms with Gasteiger partial charge in [0.1, 0.15) is 18.2 Å². The van der Waals surface area contributed by atoms with Gasteiger partial charge in [0.15, 0.2) is 11.5 Å². The summed E-state index contributed by atoms with van der Waals surface area (Å²) in [4.78, 5) is 0. The Morgan fingerprint density at radius 1 is 1.19 bits per heavy atom. The standard InChI is InChI=1S/C23H21ClN4O3/c1-3-29-19-10-15(6-9-18(19)30-12-14-4-7-16(24)8-5-14)21-17(11-25)22(26)31-23-20(21)13(2)27-28-23/h4-10,21H,3,12,26H2,1-2H3,(H,27,28). The maximum absolute atomic E-state index is 9.74. The third-order valence-electron chi connectivity index (χ3n) is 5.04. The number of aryl methyl sites for hydroxylation is 1. The molecule has 0 bridgehead atoms. The van der Waals surface area contributed by atoms with E-state index in [0.29, 0.717) is 41.2 Å². The smallest absolute Gasteiger partial charge is 0.244 e. The lowest BCUT2D eigenvalue weighted by molar-refractivity contribution is 0.269. The van der Waals surface area contributed by atoms with Gasteiger partial charge in [0.05, 0.1) is 12.5 Å². The van der Waals surface area contributed by atoms with Crippen LogP contribution in [0, 0.1) is 18.3 Å². The molecule has 2 heterocycles. The van der Waals surface area contributed by atoms with Crippen LogP contribution in [0.25, 0.3) is 0 Å². The molecule has 8 heteroatoms. The van der Waals surface area contributed by atoms with Crippen molar-refractivity contribution in [2.24, 2.45) is 5.73 Å². The van der Waals surface area contributed by atoms with Gasteiger partial charge in [-0.25, -0.2) is 0 Å². The quantitative estimate of drug-likeness (QED) is 0.586. The number of fused-ring (bicyclic) bond motifs is 1. The minimum atomic E-state index is -0.419. The highest BCUT2D eigenvalue weighted by atomic mass is 35.5. The van der Waals surface area contributed by atoms with Crippen LogP contribution in [0.3, 0.4) is 0 Å². The first-order chi connectivity index (χ1) is 15.0. The molecule has 31 heavy (non-hydrogen) atoms. The van der Waals surface area contributed by atoms with Gasteiger partial charge in [-0.2, -0.15) is 5.26 Å². The molecule has 3 N–H and O–H groups in total. The normalized spacial score (nSPS) is 15.1. The number of benzene rings is 2. The van der Waals surface area contributed by atoms with E-state index in [0.717, 1.165) is 22.4 Å². The monoisotopic (exact) mass is 436 g/mol. The molecule has 0 saturated carbocycles. The summed E-state index contributed by atoms with van der Waals surface area (Å²) in [7, 11) is 0. The predicted molar refractivity (Wildman–Crippen MR) is 116 cm³/mol. The van der Waals surface area contributed by atoms with Crippen molar-refractivity contribution in [3.8, 4) is 23.4 Å². The number of hydrogen-bond donors (Lipinski definition) is 2. The topological polar surface area (TPSA) is 106 Å². The molecule has 0 saturated heterocycles. The fraction of sp³-hybridized carbons (Fsp3) is 0.217. The number of aromatic nitrogens is 2. The molecule has 1 unspecified atom stereocenters. The second-order valence-electron chi connectivity index (χ2n) is 7.05. The average Bonchev–Trinajstić information content (AvgIpc) is 3.13. The van der Waals surface area contributed by atoms with Crippen LogP contribution in [-0.2, 0) is 6.61 Å². The molecule has 158 valence electrons. The molecule has 0 amide bonds. The lowest BCUT2D eigenvalue weighted by Gasteiger charge is -2.24. The molecular formula is C23H21ClN4O3. The molecule has 7 nitrogen and oxygen atoms in total. The summed E-state index contributed by atoms with van der Waals surface area (Å²) in [5, 5.41) is 17.5. The van der Waals surface area contributed by atoms with Crippen molar-refractivity contribution >= 4 is 11.6 Å². The van der Waals surface area contributed by atoms with E-state index in [1.807, 2.05) is 56.3 Å². The number of nitrogens with zero attached hydrogens (tertiary/aromatic N) is 2. The number of nitrogens with two attached hydrogens (primary N) is 1. The van der Waals surface area contributed by atoms with Gasteiger partial charge in [0, 0.05) is 16.3 Å². The molecular weight excluding hydrogens is 416 g/mol. The van der Waals surface area contributed by atoms with E-state index in [1.54, 1.807) is 0 Å². The molecule has 0 spiro atoms. The van der Waals surface area contributed by atoms with Gasteiger partial charge >= 0.3 is 0 Å². The van der Waals surface area contributed by atoms with Gasteiger partial charge in [0.25, 0.3) is 0 Å². The van der Waals surface area contributed by atoms with E-state index in [-0.39, 0.29) is 5.88 Å². The van der Waals surface area contributed by atoms with E-state index < -0.39 is 5.92 Å². The van der Waals surface area contributed by atoms with Crippen molar-refractivity contribution in [3.05, 3.63) is 81.3 Å². The molecule has 1 aromatic heterocycles. The summed E-state index contributed by atoms with van der Waals surface area (Å²) in [6.07, 6.45) is 0. The third-order valence-corrected chi connectivity index (χ3v) is 5.29. The number of nitriles is 1. The van der Waals surface area contributed by atoms with E-state index >= 15 is 0 Å². The van der Waals surface area contributed by atoms with Crippen molar-refractivity contribution in [3.63, 3.8) is 0 Å². The minimum Gasteiger partial charge on any atom is -0.490 e. The van der Waals surface area contributed by atoms with E-state index in [1.165, 1.54) is 0 Å². The molecule has 1 atom stereocenters. The Labute approximate surface area is 185 Å². The molecule has 0 aliphatic carbocycles. The summed E-state index contributed by atoms with van der Waals surface area (Å²) in [5.74, 6) is 1.19. The highest BCUT2D eigenvalue weighted by Gasteiger charge is 2.34. The first kappa shape index (κ1) is 20.6. The fourth-order valence-corrected chi connectivity index (χ4v) is 3.69. The van der Waals surface area contributed by atoms with Gasteiger partial charge in [-0.05, 0) is 49.2 Å². The lowest BCUT2D eigenvalue weighted by atomic mass is 9.84. The summed E-state index contributed by atoms with van der Waals surface area (Å²) in [5.41, 5.74) is 9.74. The van der Waals surface area contributed by atoms with Crippen molar-refractivity contribution in [1.29, 1.82) is 5.26 Å². The molecule has 3 aromatic rings. The molecule has 2 aromatic carbocycles. The van der Waals surface area contributed by atoms with Crippen molar-refractivity contribution in [2.45, 2.75) is 26.4 Å². The molecule has 1 aliphatic heterocycles. The Morgan fingerprint density at radius 2 is 1.97 bits per heavy atom. The zero-order valence-electron chi connectivity index (χ0n) is 17.1. The number of H-pyrrole nitrogens is 1. The first-order valence-electron chi connectivity index (χ1n) is 9.78. The summed E-state index contributed by atoms with van der Waals surface area (Å²) in [6, 6.07) is 15.3. The van der Waals surface area contributed by atoms with Crippen LogP contribution in [0.4, 0.5) is 0 Å². The molecule has 0 fully saturated rings. The third kappa shape index (κ3) is 4.03. The van der Waals surface area contributed by atoms with Crippen LogP contribution in [0.1, 0.15) is 35.2 Å². The number of ether oxygens (including phenoxy) is 3. The largest absolute Gasteiger partial charge is 0.490 e. The van der Waals surface area contributed by atoms with Gasteiger partial charge in [-0.1, -0.05) is 29.8 Å². The number of allylic oxidation sites excluding steroid dienone is 1. The number of aromatic amines is 1. The molecule has 0 radical (unpaired) electrons. The average molecular weight is 437 g/mol. The Bertz CT molecular complexity index is 1180. The van der Waals surface area contributed by atoms with Crippen LogP contribution in [0.5, 0.6) is 17.4 Å². The highest BCUT2D eigenvalue weighted by Crippen LogP contribution is 2.44. The zero-order chi connectivity index (χ0) is 22.0. The maximum atomic E-state index is 9.74. The number of nitrogens with one attached hydrogen (secondary N) is 1. The number of halogens is 1. The van der Waals surface area contributed by atoms with E-state index in [4.69, 9.17) is 31.5 Å². The Balaban J connectivity index is 1.69. The van der Waals surface area contributed by atoms with Crippen molar-refractivity contribution < 1.29 is 14.2 Å². The summed E-state index contributed by atoms with van der Waals surface area (Å²) in [6.45, 7) is 4.62. The Kier molecular flexibility index (Phi) is 5.74. The van der Waals surface area contributed by atoms with Crippen LogP contribution in [0.2, 0.25) is 5.02 Å². The van der Waals surface area contributed by atoms with Crippen LogP contribution in [0.15, 0.2) is 53.9 Å². The van der Waals surface area contributed by atoms with Gasteiger partial charge in [-0.3, -0.25) is 5.10 Å². The summed E-state index contributed by atoms with van der Waals surface area (Å²) < 4.78 is 17.4. The number of hydrogen-bond acceptors (Lipinski definition) is 6. The van der Waals surface area contributed by atoms with Crippen molar-refractivity contribution in [1.82, 2.24) is 10.2 Å².